The molecular weight excluding hydrogens is 346 g/mol. The number of hydrogen-bond acceptors (Lipinski definition) is 5. The fraction of sp³-hybridized carbons (Fsp3) is 0.500. The highest BCUT2D eigenvalue weighted by Gasteiger charge is 2.23. The zero-order chi connectivity index (χ0) is 20.0. The van der Waals surface area contributed by atoms with Gasteiger partial charge in [-0.2, -0.15) is 0 Å². The van der Waals surface area contributed by atoms with E-state index in [9.17, 15) is 14.4 Å². The van der Waals surface area contributed by atoms with E-state index in [4.69, 9.17) is 4.74 Å². The number of amides is 1. The van der Waals surface area contributed by atoms with E-state index in [-0.39, 0.29) is 24.3 Å². The molecule has 0 spiro atoms. The first-order valence-corrected chi connectivity index (χ1v) is 9.31. The van der Waals surface area contributed by atoms with Gasteiger partial charge in [0, 0.05) is 20.0 Å². The van der Waals surface area contributed by atoms with Crippen molar-refractivity contribution < 1.29 is 14.3 Å². The van der Waals surface area contributed by atoms with Crippen LogP contribution >= 0.6 is 0 Å². The second kappa shape index (κ2) is 9.30. The standard InChI is InChI=1S/C20H27N3O4/c1-5-13-23-19(21-16-10-8-7-9-15(16)20(23)26)14(3)22(4)17(24)11-12-18(25)27-6-2/h7-10,14H,5-6,11-13H2,1-4H3. The Morgan fingerprint density at radius 1 is 1.22 bits per heavy atom. The van der Waals surface area contributed by atoms with Crippen molar-refractivity contribution in [2.24, 2.45) is 0 Å². The van der Waals surface area contributed by atoms with Crippen LogP contribution in [-0.2, 0) is 20.9 Å². The highest BCUT2D eigenvalue weighted by molar-refractivity contribution is 5.81. The van der Waals surface area contributed by atoms with Crippen molar-refractivity contribution in [1.29, 1.82) is 0 Å². The Hall–Kier alpha value is -2.70. The number of fused-ring (bicyclic) bond motifs is 1. The molecule has 1 heterocycles. The molecule has 1 aromatic heterocycles. The van der Waals surface area contributed by atoms with Gasteiger partial charge < -0.3 is 9.64 Å². The maximum absolute atomic E-state index is 12.9. The van der Waals surface area contributed by atoms with Gasteiger partial charge in [-0.3, -0.25) is 19.0 Å². The molecule has 7 heteroatoms. The largest absolute Gasteiger partial charge is 0.466 e. The smallest absolute Gasteiger partial charge is 0.306 e. The summed E-state index contributed by atoms with van der Waals surface area (Å²) in [7, 11) is 1.66. The predicted molar refractivity (Wildman–Crippen MR) is 103 cm³/mol. The number of benzene rings is 1. The van der Waals surface area contributed by atoms with E-state index < -0.39 is 12.0 Å². The Bertz CT molecular complexity index is 875. The van der Waals surface area contributed by atoms with Crippen LogP contribution in [-0.4, -0.2) is 40.0 Å². The molecule has 7 nitrogen and oxygen atoms in total. The van der Waals surface area contributed by atoms with E-state index in [0.29, 0.717) is 29.9 Å². The minimum absolute atomic E-state index is 0.0383. The number of ether oxygens (including phenoxy) is 1. The summed E-state index contributed by atoms with van der Waals surface area (Å²) in [6, 6.07) is 6.81. The second-order valence-electron chi connectivity index (χ2n) is 6.43. The molecular formula is C20H27N3O4. The lowest BCUT2D eigenvalue weighted by molar-refractivity contribution is -0.145. The van der Waals surface area contributed by atoms with E-state index in [1.165, 1.54) is 4.90 Å². The normalized spacial score (nSPS) is 12.0. The maximum atomic E-state index is 12.9. The molecule has 0 bridgehead atoms. The number of nitrogens with zero attached hydrogens (tertiary/aromatic N) is 3. The highest BCUT2D eigenvalue weighted by atomic mass is 16.5. The van der Waals surface area contributed by atoms with Crippen molar-refractivity contribution in [3.05, 3.63) is 40.4 Å². The average Bonchev–Trinajstić information content (AvgIpc) is 2.67. The zero-order valence-electron chi connectivity index (χ0n) is 16.4. The monoisotopic (exact) mass is 373 g/mol. The van der Waals surface area contributed by atoms with Crippen LogP contribution < -0.4 is 5.56 Å². The summed E-state index contributed by atoms with van der Waals surface area (Å²) < 4.78 is 6.51. The summed E-state index contributed by atoms with van der Waals surface area (Å²) in [6.45, 7) is 6.38. The third kappa shape index (κ3) is 4.72. The van der Waals surface area contributed by atoms with Gasteiger partial charge in [-0.05, 0) is 32.4 Å². The van der Waals surface area contributed by atoms with E-state index >= 15 is 0 Å². The van der Waals surface area contributed by atoms with Gasteiger partial charge in [0.15, 0.2) is 0 Å². The molecule has 0 radical (unpaired) electrons. The van der Waals surface area contributed by atoms with E-state index in [1.807, 2.05) is 26.0 Å². The highest BCUT2D eigenvalue weighted by Crippen LogP contribution is 2.20. The van der Waals surface area contributed by atoms with Crippen molar-refractivity contribution in [3.63, 3.8) is 0 Å². The number of esters is 1. The van der Waals surface area contributed by atoms with Crippen molar-refractivity contribution in [1.82, 2.24) is 14.5 Å². The second-order valence-corrected chi connectivity index (χ2v) is 6.43. The van der Waals surface area contributed by atoms with Crippen LogP contribution in [0.5, 0.6) is 0 Å². The van der Waals surface area contributed by atoms with Crippen molar-refractivity contribution >= 4 is 22.8 Å². The Labute approximate surface area is 158 Å². The van der Waals surface area contributed by atoms with Crippen molar-refractivity contribution in [2.75, 3.05) is 13.7 Å². The Morgan fingerprint density at radius 2 is 1.93 bits per heavy atom. The van der Waals surface area contributed by atoms with Crippen LogP contribution in [0.15, 0.2) is 29.1 Å². The maximum Gasteiger partial charge on any atom is 0.306 e. The van der Waals surface area contributed by atoms with Crippen molar-refractivity contribution in [2.45, 2.75) is 52.6 Å². The summed E-state index contributed by atoms with van der Waals surface area (Å²) in [4.78, 5) is 43.0. The molecule has 0 N–H and O–H groups in total. The van der Waals surface area contributed by atoms with Gasteiger partial charge in [-0.15, -0.1) is 0 Å². The number of hydrogen-bond donors (Lipinski definition) is 0. The Morgan fingerprint density at radius 3 is 2.59 bits per heavy atom. The number of carbonyl (C=O) groups excluding carboxylic acids is 2. The molecule has 1 unspecified atom stereocenters. The molecule has 0 aliphatic rings. The summed E-state index contributed by atoms with van der Waals surface area (Å²) in [5.74, 6) is -0.0350. The topological polar surface area (TPSA) is 81.5 Å². The van der Waals surface area contributed by atoms with Crippen LogP contribution in [0.25, 0.3) is 10.9 Å². The molecule has 146 valence electrons. The number of carbonyl (C=O) groups is 2. The van der Waals surface area contributed by atoms with Crippen LogP contribution in [0.4, 0.5) is 0 Å². The van der Waals surface area contributed by atoms with Gasteiger partial charge in [-0.25, -0.2) is 4.98 Å². The summed E-state index contributed by atoms with van der Waals surface area (Å²) in [6.07, 6.45) is 0.877. The Balaban J connectivity index is 2.31. The molecule has 2 aromatic rings. The van der Waals surface area contributed by atoms with E-state index in [1.54, 1.807) is 30.7 Å². The summed E-state index contributed by atoms with van der Waals surface area (Å²) in [5.41, 5.74) is 0.515. The summed E-state index contributed by atoms with van der Waals surface area (Å²) >= 11 is 0. The predicted octanol–water partition coefficient (Wildman–Crippen LogP) is 2.67. The first-order chi connectivity index (χ1) is 12.9. The first kappa shape index (κ1) is 20.6. The molecule has 0 fully saturated rings. The van der Waals surface area contributed by atoms with E-state index in [0.717, 1.165) is 6.42 Å². The minimum Gasteiger partial charge on any atom is -0.466 e. The fourth-order valence-electron chi connectivity index (χ4n) is 2.95. The molecule has 0 aliphatic carbocycles. The fourth-order valence-corrected chi connectivity index (χ4v) is 2.95. The quantitative estimate of drug-likeness (QED) is 0.665. The lowest BCUT2D eigenvalue weighted by Gasteiger charge is -2.27. The van der Waals surface area contributed by atoms with Gasteiger partial charge in [0.05, 0.1) is 30.0 Å². The summed E-state index contributed by atoms with van der Waals surface area (Å²) in [5, 5.41) is 0.568. The minimum atomic E-state index is -0.399. The van der Waals surface area contributed by atoms with Gasteiger partial charge in [0.1, 0.15) is 5.82 Å². The molecule has 2 rings (SSSR count). The molecule has 1 atom stereocenters. The van der Waals surface area contributed by atoms with Crippen LogP contribution in [0.2, 0.25) is 0 Å². The third-order valence-corrected chi connectivity index (χ3v) is 4.53. The third-order valence-electron chi connectivity index (χ3n) is 4.53. The van der Waals surface area contributed by atoms with E-state index in [2.05, 4.69) is 4.98 Å². The molecule has 1 amide bonds. The molecule has 0 saturated heterocycles. The molecule has 0 saturated carbocycles. The number of rotatable bonds is 8. The number of aromatic nitrogens is 2. The van der Waals surface area contributed by atoms with Crippen LogP contribution in [0.3, 0.4) is 0 Å². The van der Waals surface area contributed by atoms with Crippen LogP contribution in [0.1, 0.15) is 51.9 Å². The SMILES string of the molecule is CCCn1c(C(C)N(C)C(=O)CCC(=O)OCC)nc2ccccc2c1=O. The zero-order valence-corrected chi connectivity index (χ0v) is 16.4. The van der Waals surface area contributed by atoms with Gasteiger partial charge in [0.25, 0.3) is 5.56 Å². The average molecular weight is 373 g/mol. The van der Waals surface area contributed by atoms with Crippen LogP contribution in [0, 0.1) is 0 Å². The number of para-hydroxylation sites is 1. The van der Waals surface area contributed by atoms with Gasteiger partial charge in [-0.1, -0.05) is 19.1 Å². The molecule has 1 aromatic carbocycles. The molecule has 0 aliphatic heterocycles. The first-order valence-electron chi connectivity index (χ1n) is 9.31. The molecule has 27 heavy (non-hydrogen) atoms. The lowest BCUT2D eigenvalue weighted by Crippen LogP contribution is -2.35. The van der Waals surface area contributed by atoms with Gasteiger partial charge >= 0.3 is 5.97 Å². The lowest BCUT2D eigenvalue weighted by atomic mass is 10.2. The Kier molecular flexibility index (Phi) is 7.10. The van der Waals surface area contributed by atoms with Crippen molar-refractivity contribution in [3.8, 4) is 0 Å². The van der Waals surface area contributed by atoms with Gasteiger partial charge in [0.2, 0.25) is 5.91 Å².